The maximum atomic E-state index is 9.36. The fourth-order valence-electron chi connectivity index (χ4n) is 2.41. The molecule has 0 radical (unpaired) electrons. The standard InChI is InChI=1S/C13H27NO2/c1-4-14-13(3,9-15)10-16-12-7-5-6-11(2)8-12/h11-12,14-15H,4-10H2,1-3H3. The van der Waals surface area contributed by atoms with Crippen molar-refractivity contribution in [2.24, 2.45) is 5.92 Å². The summed E-state index contributed by atoms with van der Waals surface area (Å²) in [5.74, 6) is 0.790. The van der Waals surface area contributed by atoms with E-state index < -0.39 is 0 Å². The molecule has 2 N–H and O–H groups in total. The summed E-state index contributed by atoms with van der Waals surface area (Å²) in [6.45, 7) is 7.96. The molecule has 0 aromatic carbocycles. The van der Waals surface area contributed by atoms with Gasteiger partial charge < -0.3 is 15.2 Å². The third-order valence-corrected chi connectivity index (χ3v) is 3.48. The first-order valence-electron chi connectivity index (χ1n) is 6.57. The molecule has 1 fully saturated rings. The van der Waals surface area contributed by atoms with Crippen LogP contribution in [0.4, 0.5) is 0 Å². The Hall–Kier alpha value is -0.120. The number of ether oxygens (including phenoxy) is 1. The lowest BCUT2D eigenvalue weighted by Crippen LogP contribution is -2.50. The Bertz CT molecular complexity index is 198. The summed E-state index contributed by atoms with van der Waals surface area (Å²) in [4.78, 5) is 0. The van der Waals surface area contributed by atoms with Crippen molar-refractivity contribution in [3.8, 4) is 0 Å². The van der Waals surface area contributed by atoms with Crippen LogP contribution < -0.4 is 5.32 Å². The van der Waals surface area contributed by atoms with E-state index in [2.05, 4.69) is 19.2 Å². The van der Waals surface area contributed by atoms with Crippen molar-refractivity contribution < 1.29 is 9.84 Å². The molecule has 3 atom stereocenters. The summed E-state index contributed by atoms with van der Waals surface area (Å²) in [7, 11) is 0. The average molecular weight is 229 g/mol. The fourth-order valence-corrected chi connectivity index (χ4v) is 2.41. The maximum Gasteiger partial charge on any atom is 0.0671 e. The zero-order valence-electron chi connectivity index (χ0n) is 11.0. The van der Waals surface area contributed by atoms with Gasteiger partial charge in [-0.3, -0.25) is 0 Å². The molecular weight excluding hydrogens is 202 g/mol. The second-order valence-electron chi connectivity index (χ2n) is 5.45. The van der Waals surface area contributed by atoms with Crippen LogP contribution in [0.2, 0.25) is 0 Å². The molecule has 0 aliphatic heterocycles. The van der Waals surface area contributed by atoms with Crippen LogP contribution in [0.1, 0.15) is 46.5 Å². The van der Waals surface area contributed by atoms with E-state index in [1.165, 1.54) is 25.7 Å². The van der Waals surface area contributed by atoms with Gasteiger partial charge in [0.2, 0.25) is 0 Å². The van der Waals surface area contributed by atoms with E-state index in [1.807, 2.05) is 6.92 Å². The van der Waals surface area contributed by atoms with Crippen molar-refractivity contribution in [3.05, 3.63) is 0 Å². The molecule has 0 spiro atoms. The molecule has 0 amide bonds. The molecular formula is C13H27NO2. The molecule has 3 nitrogen and oxygen atoms in total. The van der Waals surface area contributed by atoms with Crippen LogP contribution in [0.5, 0.6) is 0 Å². The van der Waals surface area contributed by atoms with Gasteiger partial charge in [-0.15, -0.1) is 0 Å². The Kier molecular flexibility index (Phi) is 5.73. The second-order valence-corrected chi connectivity index (χ2v) is 5.45. The topological polar surface area (TPSA) is 41.5 Å². The molecule has 0 bridgehead atoms. The van der Waals surface area contributed by atoms with Crippen LogP contribution in [0.25, 0.3) is 0 Å². The van der Waals surface area contributed by atoms with Crippen molar-refractivity contribution in [2.75, 3.05) is 19.8 Å². The molecule has 1 rings (SSSR count). The average Bonchev–Trinajstić information content (AvgIpc) is 2.27. The third-order valence-electron chi connectivity index (χ3n) is 3.48. The highest BCUT2D eigenvalue weighted by Gasteiger charge is 2.26. The highest BCUT2D eigenvalue weighted by molar-refractivity contribution is 4.82. The van der Waals surface area contributed by atoms with Crippen LogP contribution in [0.15, 0.2) is 0 Å². The maximum absolute atomic E-state index is 9.36. The minimum atomic E-state index is -0.282. The van der Waals surface area contributed by atoms with Gasteiger partial charge in [0.05, 0.1) is 24.9 Å². The van der Waals surface area contributed by atoms with E-state index in [0.29, 0.717) is 12.7 Å². The van der Waals surface area contributed by atoms with E-state index in [9.17, 15) is 5.11 Å². The molecule has 0 saturated heterocycles. The van der Waals surface area contributed by atoms with Gasteiger partial charge in [0, 0.05) is 0 Å². The van der Waals surface area contributed by atoms with E-state index in [1.54, 1.807) is 0 Å². The first-order valence-corrected chi connectivity index (χ1v) is 6.57. The van der Waals surface area contributed by atoms with Crippen LogP contribution >= 0.6 is 0 Å². The van der Waals surface area contributed by atoms with Gasteiger partial charge in [-0.2, -0.15) is 0 Å². The van der Waals surface area contributed by atoms with Gasteiger partial charge in [0.15, 0.2) is 0 Å². The summed E-state index contributed by atoms with van der Waals surface area (Å²) in [5, 5.41) is 12.6. The molecule has 16 heavy (non-hydrogen) atoms. The zero-order chi connectivity index (χ0) is 12.0. The molecule has 3 heteroatoms. The summed E-state index contributed by atoms with van der Waals surface area (Å²) in [5.41, 5.74) is -0.282. The van der Waals surface area contributed by atoms with E-state index in [4.69, 9.17) is 4.74 Å². The predicted molar refractivity (Wildman–Crippen MR) is 66.5 cm³/mol. The van der Waals surface area contributed by atoms with E-state index in [-0.39, 0.29) is 12.1 Å². The van der Waals surface area contributed by atoms with Crippen molar-refractivity contribution in [1.29, 1.82) is 0 Å². The molecule has 0 heterocycles. The van der Waals surface area contributed by atoms with Crippen LogP contribution in [0.3, 0.4) is 0 Å². The molecule has 0 aromatic rings. The van der Waals surface area contributed by atoms with Crippen LogP contribution in [-0.2, 0) is 4.74 Å². The monoisotopic (exact) mass is 229 g/mol. The summed E-state index contributed by atoms with van der Waals surface area (Å²) in [6.07, 6.45) is 5.37. The minimum Gasteiger partial charge on any atom is -0.394 e. The normalized spacial score (nSPS) is 30.0. The first kappa shape index (κ1) is 13.9. The van der Waals surface area contributed by atoms with Gasteiger partial charge >= 0.3 is 0 Å². The molecule has 96 valence electrons. The predicted octanol–water partition coefficient (Wildman–Crippen LogP) is 1.94. The van der Waals surface area contributed by atoms with Crippen molar-refractivity contribution in [3.63, 3.8) is 0 Å². The second kappa shape index (κ2) is 6.58. The molecule has 3 unspecified atom stereocenters. The molecule has 1 aliphatic rings. The molecule has 1 aliphatic carbocycles. The first-order chi connectivity index (χ1) is 7.59. The quantitative estimate of drug-likeness (QED) is 0.731. The van der Waals surface area contributed by atoms with Crippen molar-refractivity contribution in [2.45, 2.75) is 58.1 Å². The molecule has 1 saturated carbocycles. The summed E-state index contributed by atoms with van der Waals surface area (Å²) >= 11 is 0. The van der Waals surface area contributed by atoms with E-state index in [0.717, 1.165) is 12.5 Å². The van der Waals surface area contributed by atoms with Gasteiger partial charge in [0.1, 0.15) is 0 Å². The smallest absolute Gasteiger partial charge is 0.0671 e. The SMILES string of the molecule is CCNC(C)(CO)COC1CCCC(C)C1. The fraction of sp³-hybridized carbons (Fsp3) is 1.00. The Labute approximate surface area is 99.6 Å². The Morgan fingerprint density at radius 1 is 1.44 bits per heavy atom. The van der Waals surface area contributed by atoms with E-state index >= 15 is 0 Å². The number of likely N-dealkylation sites (N-methyl/N-ethyl adjacent to an activating group) is 1. The number of hydrogen-bond donors (Lipinski definition) is 2. The van der Waals surface area contributed by atoms with Crippen molar-refractivity contribution in [1.82, 2.24) is 5.32 Å². The summed E-state index contributed by atoms with van der Waals surface area (Å²) in [6, 6.07) is 0. The Balaban J connectivity index is 2.31. The zero-order valence-corrected chi connectivity index (χ0v) is 11.0. The Morgan fingerprint density at radius 2 is 2.19 bits per heavy atom. The third kappa shape index (κ3) is 4.40. The lowest BCUT2D eigenvalue weighted by molar-refractivity contribution is -0.0265. The minimum absolute atomic E-state index is 0.128. The number of hydrogen-bond acceptors (Lipinski definition) is 3. The van der Waals surface area contributed by atoms with Gasteiger partial charge in [0.25, 0.3) is 0 Å². The van der Waals surface area contributed by atoms with Crippen LogP contribution in [-0.4, -0.2) is 36.5 Å². The van der Waals surface area contributed by atoms with Crippen LogP contribution in [0, 0.1) is 5.92 Å². The van der Waals surface area contributed by atoms with Gasteiger partial charge in [-0.25, -0.2) is 0 Å². The highest BCUT2D eigenvalue weighted by Crippen LogP contribution is 2.26. The Morgan fingerprint density at radius 3 is 2.75 bits per heavy atom. The lowest BCUT2D eigenvalue weighted by atomic mass is 9.88. The number of aliphatic hydroxyl groups excluding tert-OH is 1. The number of rotatable bonds is 6. The number of aliphatic hydroxyl groups is 1. The summed E-state index contributed by atoms with van der Waals surface area (Å²) < 4.78 is 5.94. The van der Waals surface area contributed by atoms with Crippen molar-refractivity contribution >= 4 is 0 Å². The molecule has 0 aromatic heterocycles. The number of nitrogens with one attached hydrogen (secondary N) is 1. The highest BCUT2D eigenvalue weighted by atomic mass is 16.5. The van der Waals surface area contributed by atoms with Gasteiger partial charge in [-0.1, -0.05) is 26.7 Å². The lowest BCUT2D eigenvalue weighted by Gasteiger charge is -2.33. The largest absolute Gasteiger partial charge is 0.394 e. The van der Waals surface area contributed by atoms with Gasteiger partial charge in [-0.05, 0) is 32.2 Å².